The van der Waals surface area contributed by atoms with Crippen LogP contribution >= 0.6 is 11.6 Å². The quantitative estimate of drug-likeness (QED) is 0.722. The van der Waals surface area contributed by atoms with Gasteiger partial charge in [0.15, 0.2) is 0 Å². The zero-order chi connectivity index (χ0) is 14.3. The minimum Gasteiger partial charge on any atom is -0.398 e. The van der Waals surface area contributed by atoms with Gasteiger partial charge in [0, 0.05) is 12.2 Å². The standard InChI is InChI=1S/C15H13ClFN3/c1-2-20-13-8-9(17)6-7-12(13)19-15(20)14-10(16)4-3-5-11(14)18/h3-8H,2,18H2,1H3. The number of nitrogens with two attached hydrogens (primary N) is 1. The van der Waals surface area contributed by atoms with Crippen LogP contribution in [0.25, 0.3) is 22.4 Å². The molecule has 0 aliphatic heterocycles. The highest BCUT2D eigenvalue weighted by Crippen LogP contribution is 2.34. The number of hydrogen-bond acceptors (Lipinski definition) is 2. The fourth-order valence-corrected chi connectivity index (χ4v) is 2.65. The van der Waals surface area contributed by atoms with Crippen LogP contribution in [0.5, 0.6) is 0 Å². The molecule has 0 atom stereocenters. The monoisotopic (exact) mass is 289 g/mol. The van der Waals surface area contributed by atoms with Crippen molar-refractivity contribution in [2.24, 2.45) is 0 Å². The van der Waals surface area contributed by atoms with Crippen LogP contribution in [-0.4, -0.2) is 9.55 Å². The number of anilines is 1. The Morgan fingerprint density at radius 3 is 2.80 bits per heavy atom. The van der Waals surface area contributed by atoms with Gasteiger partial charge >= 0.3 is 0 Å². The van der Waals surface area contributed by atoms with Crippen LogP contribution in [0.1, 0.15) is 6.92 Å². The lowest BCUT2D eigenvalue weighted by molar-refractivity contribution is 0.628. The van der Waals surface area contributed by atoms with Gasteiger partial charge in [0.2, 0.25) is 0 Å². The fourth-order valence-electron chi connectivity index (χ4n) is 2.38. The van der Waals surface area contributed by atoms with Crippen LogP contribution in [0.3, 0.4) is 0 Å². The minimum absolute atomic E-state index is 0.286. The molecule has 0 amide bonds. The molecule has 0 saturated carbocycles. The average molecular weight is 290 g/mol. The summed E-state index contributed by atoms with van der Waals surface area (Å²) in [4.78, 5) is 4.55. The Labute approximate surface area is 120 Å². The number of aromatic nitrogens is 2. The summed E-state index contributed by atoms with van der Waals surface area (Å²) in [6.45, 7) is 2.63. The van der Waals surface area contributed by atoms with Crippen molar-refractivity contribution >= 4 is 28.3 Å². The van der Waals surface area contributed by atoms with Gasteiger partial charge in [0.25, 0.3) is 0 Å². The van der Waals surface area contributed by atoms with Crippen molar-refractivity contribution in [3.8, 4) is 11.4 Å². The van der Waals surface area contributed by atoms with Gasteiger partial charge in [-0.15, -0.1) is 0 Å². The van der Waals surface area contributed by atoms with Gasteiger partial charge in [-0.1, -0.05) is 17.7 Å². The van der Waals surface area contributed by atoms with Crippen LogP contribution in [0, 0.1) is 5.82 Å². The van der Waals surface area contributed by atoms with Crippen LogP contribution in [-0.2, 0) is 6.54 Å². The first-order valence-corrected chi connectivity index (χ1v) is 6.69. The second-order valence-electron chi connectivity index (χ2n) is 4.52. The molecule has 3 rings (SSSR count). The van der Waals surface area contributed by atoms with E-state index in [0.717, 1.165) is 11.0 Å². The van der Waals surface area contributed by atoms with Gasteiger partial charge < -0.3 is 10.3 Å². The molecular weight excluding hydrogens is 277 g/mol. The number of hydrogen-bond donors (Lipinski definition) is 1. The molecule has 2 aromatic carbocycles. The molecule has 3 nitrogen and oxygen atoms in total. The van der Waals surface area contributed by atoms with Crippen molar-refractivity contribution in [2.45, 2.75) is 13.5 Å². The van der Waals surface area contributed by atoms with E-state index in [1.165, 1.54) is 12.1 Å². The highest BCUT2D eigenvalue weighted by Gasteiger charge is 2.16. The summed E-state index contributed by atoms with van der Waals surface area (Å²) in [5.41, 5.74) is 8.73. The summed E-state index contributed by atoms with van der Waals surface area (Å²) in [5.74, 6) is 0.377. The van der Waals surface area contributed by atoms with Crippen LogP contribution in [0.15, 0.2) is 36.4 Å². The highest BCUT2D eigenvalue weighted by atomic mass is 35.5. The van der Waals surface area contributed by atoms with Crippen molar-refractivity contribution in [1.29, 1.82) is 0 Å². The highest BCUT2D eigenvalue weighted by molar-refractivity contribution is 6.33. The first-order chi connectivity index (χ1) is 9.61. The molecule has 20 heavy (non-hydrogen) atoms. The maximum atomic E-state index is 13.4. The molecule has 1 heterocycles. The average Bonchev–Trinajstić information content (AvgIpc) is 2.76. The summed E-state index contributed by atoms with van der Waals surface area (Å²) < 4.78 is 15.3. The van der Waals surface area contributed by atoms with Crippen LogP contribution in [0.4, 0.5) is 10.1 Å². The zero-order valence-corrected chi connectivity index (χ0v) is 11.7. The molecular formula is C15H13ClFN3. The molecule has 0 aliphatic carbocycles. The summed E-state index contributed by atoms with van der Waals surface area (Å²) in [6, 6.07) is 9.87. The Kier molecular flexibility index (Phi) is 3.10. The SMILES string of the molecule is CCn1c(-c2c(N)cccc2Cl)nc2ccc(F)cc21. The molecule has 0 saturated heterocycles. The summed E-state index contributed by atoms with van der Waals surface area (Å²) in [7, 11) is 0. The van der Waals surface area contributed by atoms with Gasteiger partial charge in [-0.05, 0) is 37.3 Å². The first-order valence-electron chi connectivity index (χ1n) is 6.32. The van der Waals surface area contributed by atoms with E-state index in [9.17, 15) is 4.39 Å². The lowest BCUT2D eigenvalue weighted by atomic mass is 10.1. The van der Waals surface area contributed by atoms with Crippen molar-refractivity contribution < 1.29 is 4.39 Å². The van der Waals surface area contributed by atoms with E-state index >= 15 is 0 Å². The Bertz CT molecular complexity index is 775. The van der Waals surface area contributed by atoms with Crippen molar-refractivity contribution in [3.05, 3.63) is 47.2 Å². The molecule has 3 aromatic rings. The molecule has 102 valence electrons. The van der Waals surface area contributed by atoms with E-state index in [1.807, 2.05) is 11.5 Å². The van der Waals surface area contributed by atoms with Crippen LogP contribution in [0.2, 0.25) is 5.02 Å². The molecule has 0 spiro atoms. The molecule has 1 aromatic heterocycles. The van der Waals surface area contributed by atoms with Gasteiger partial charge in [-0.25, -0.2) is 9.37 Å². The number of benzene rings is 2. The van der Waals surface area contributed by atoms with Gasteiger partial charge in [-0.2, -0.15) is 0 Å². The number of aryl methyl sites for hydroxylation is 1. The Balaban J connectivity index is 2.37. The summed E-state index contributed by atoms with van der Waals surface area (Å²) in [5, 5.41) is 0.537. The fraction of sp³-hybridized carbons (Fsp3) is 0.133. The Hall–Kier alpha value is -2.07. The van der Waals surface area contributed by atoms with Gasteiger partial charge in [-0.3, -0.25) is 0 Å². The maximum Gasteiger partial charge on any atom is 0.144 e. The third kappa shape index (κ3) is 1.93. The lowest BCUT2D eigenvalue weighted by Crippen LogP contribution is -2.00. The van der Waals surface area contributed by atoms with Crippen LogP contribution < -0.4 is 5.73 Å². The number of halogens is 2. The molecule has 2 N–H and O–H groups in total. The van der Waals surface area contributed by atoms with E-state index in [0.29, 0.717) is 28.6 Å². The predicted octanol–water partition coefficient (Wildman–Crippen LogP) is 4.10. The van der Waals surface area contributed by atoms with Gasteiger partial charge in [0.1, 0.15) is 11.6 Å². The van der Waals surface area contributed by atoms with E-state index in [4.69, 9.17) is 17.3 Å². The first kappa shape index (κ1) is 12.9. The number of rotatable bonds is 2. The second-order valence-corrected chi connectivity index (χ2v) is 4.92. The van der Waals surface area contributed by atoms with Crippen molar-refractivity contribution in [2.75, 3.05) is 5.73 Å². The topological polar surface area (TPSA) is 43.8 Å². The molecule has 5 heteroatoms. The van der Waals surface area contributed by atoms with E-state index in [1.54, 1.807) is 24.3 Å². The second kappa shape index (κ2) is 4.80. The number of imidazole rings is 1. The van der Waals surface area contributed by atoms with E-state index in [-0.39, 0.29) is 5.82 Å². The van der Waals surface area contributed by atoms with Gasteiger partial charge in [0.05, 0.1) is 21.6 Å². The molecule has 0 fully saturated rings. The zero-order valence-electron chi connectivity index (χ0n) is 10.9. The smallest absolute Gasteiger partial charge is 0.144 e. The lowest BCUT2D eigenvalue weighted by Gasteiger charge is -2.10. The molecule has 0 bridgehead atoms. The van der Waals surface area contributed by atoms with Crippen molar-refractivity contribution in [3.63, 3.8) is 0 Å². The van der Waals surface area contributed by atoms with E-state index in [2.05, 4.69) is 4.98 Å². The number of fused-ring (bicyclic) bond motifs is 1. The Morgan fingerprint density at radius 1 is 1.30 bits per heavy atom. The van der Waals surface area contributed by atoms with E-state index < -0.39 is 0 Å². The maximum absolute atomic E-state index is 13.4. The summed E-state index contributed by atoms with van der Waals surface area (Å²) >= 11 is 6.24. The number of nitrogen functional groups attached to an aromatic ring is 1. The third-order valence-corrected chi connectivity index (χ3v) is 3.61. The normalized spacial score (nSPS) is 11.2. The largest absolute Gasteiger partial charge is 0.398 e. The Morgan fingerprint density at radius 2 is 2.10 bits per heavy atom. The molecule has 0 radical (unpaired) electrons. The third-order valence-electron chi connectivity index (χ3n) is 3.30. The molecule has 0 unspecified atom stereocenters. The number of nitrogens with zero attached hydrogens (tertiary/aromatic N) is 2. The van der Waals surface area contributed by atoms with Crippen molar-refractivity contribution in [1.82, 2.24) is 9.55 Å². The molecule has 0 aliphatic rings. The predicted molar refractivity (Wildman–Crippen MR) is 80.2 cm³/mol. The summed E-state index contributed by atoms with van der Waals surface area (Å²) in [6.07, 6.45) is 0. The minimum atomic E-state index is -0.286.